The molecule has 0 spiro atoms. The van der Waals surface area contributed by atoms with Gasteiger partial charge in [0.15, 0.2) is 0 Å². The molecule has 2 N–H and O–H groups in total. The lowest BCUT2D eigenvalue weighted by Gasteiger charge is -2.11. The average molecular weight is 453 g/mol. The van der Waals surface area contributed by atoms with Crippen molar-refractivity contribution in [3.05, 3.63) is 98.0 Å². The fourth-order valence-corrected chi connectivity index (χ4v) is 3.54. The molecule has 2 aromatic carbocycles. The van der Waals surface area contributed by atoms with E-state index in [0.717, 1.165) is 5.56 Å². The zero-order valence-electron chi connectivity index (χ0n) is 19.1. The summed E-state index contributed by atoms with van der Waals surface area (Å²) in [7, 11) is 1.33. The van der Waals surface area contributed by atoms with Gasteiger partial charge in [0.2, 0.25) is 5.91 Å². The normalized spacial score (nSPS) is 9.94. The van der Waals surface area contributed by atoms with Crippen molar-refractivity contribution in [3.63, 3.8) is 0 Å². The zero-order valence-corrected chi connectivity index (χ0v) is 19.1. The van der Waals surface area contributed by atoms with Gasteiger partial charge in [0.05, 0.1) is 12.7 Å². The minimum absolute atomic E-state index is 0.0735. The molecule has 0 aliphatic rings. The topological polar surface area (TPSA) is 112 Å². The fraction of sp³-hybridized carbons (Fsp3) is 0.185. The number of pyridine rings is 1. The van der Waals surface area contributed by atoms with Crippen LogP contribution in [0.3, 0.4) is 0 Å². The van der Waals surface area contributed by atoms with Crippen molar-refractivity contribution in [2.24, 2.45) is 0 Å². The molecule has 0 fully saturated rings. The van der Waals surface area contributed by atoms with E-state index >= 15 is 0 Å². The molecule has 1 heterocycles. The molecule has 170 valence electrons. The number of carbonyl (C=O) groups excluding carboxylic acids is 2. The van der Waals surface area contributed by atoms with E-state index in [1.807, 2.05) is 12.1 Å². The molecule has 1 amide bonds. The number of aromatic amines is 1. The minimum atomic E-state index is -0.426. The number of esters is 1. The lowest BCUT2D eigenvalue weighted by Crippen LogP contribution is -2.18. The van der Waals surface area contributed by atoms with E-state index in [-0.39, 0.29) is 17.9 Å². The van der Waals surface area contributed by atoms with Gasteiger partial charge < -0.3 is 15.0 Å². The smallest absolute Gasteiger partial charge is 0.337 e. The molecule has 0 aliphatic heterocycles. The van der Waals surface area contributed by atoms with Gasteiger partial charge in [-0.1, -0.05) is 24.0 Å². The van der Waals surface area contributed by atoms with Crippen LogP contribution in [0, 0.1) is 37.0 Å². The third kappa shape index (κ3) is 5.79. The van der Waals surface area contributed by atoms with E-state index < -0.39 is 11.5 Å². The number of ether oxygens (including phenoxy) is 1. The Balaban J connectivity index is 1.69. The first kappa shape index (κ1) is 24.0. The van der Waals surface area contributed by atoms with Gasteiger partial charge in [-0.05, 0) is 67.8 Å². The summed E-state index contributed by atoms with van der Waals surface area (Å²) < 4.78 is 4.73. The predicted octanol–water partition coefficient (Wildman–Crippen LogP) is 3.62. The number of H-pyrrole nitrogens is 1. The molecule has 0 aliphatic carbocycles. The second-order valence-electron chi connectivity index (χ2n) is 7.62. The number of carbonyl (C=O) groups is 2. The molecule has 7 heteroatoms. The van der Waals surface area contributed by atoms with Crippen LogP contribution in [0.4, 0.5) is 5.69 Å². The van der Waals surface area contributed by atoms with Crippen molar-refractivity contribution in [2.75, 3.05) is 12.4 Å². The molecule has 3 aromatic rings. The molecule has 1 aromatic heterocycles. The fourth-order valence-electron chi connectivity index (χ4n) is 3.54. The molecule has 0 saturated carbocycles. The van der Waals surface area contributed by atoms with Crippen molar-refractivity contribution in [1.29, 1.82) is 5.26 Å². The second kappa shape index (κ2) is 10.8. The summed E-state index contributed by atoms with van der Waals surface area (Å²) in [6.07, 6.45) is 0.583. The number of amides is 1. The first-order valence-electron chi connectivity index (χ1n) is 10.5. The van der Waals surface area contributed by atoms with Gasteiger partial charge in [-0.3, -0.25) is 9.59 Å². The minimum Gasteiger partial charge on any atom is -0.465 e. The maximum atomic E-state index is 12.5. The summed E-state index contributed by atoms with van der Waals surface area (Å²) in [6, 6.07) is 15.9. The van der Waals surface area contributed by atoms with Gasteiger partial charge in [0, 0.05) is 28.9 Å². The highest BCUT2D eigenvalue weighted by Gasteiger charge is 2.13. The summed E-state index contributed by atoms with van der Waals surface area (Å²) in [5.74, 6) is 5.42. The van der Waals surface area contributed by atoms with E-state index in [1.54, 1.807) is 56.3 Å². The van der Waals surface area contributed by atoms with Crippen LogP contribution in [0.1, 0.15) is 50.3 Å². The number of aromatic nitrogens is 1. The van der Waals surface area contributed by atoms with Crippen LogP contribution in [-0.4, -0.2) is 24.0 Å². The SMILES string of the molecule is COC(=O)c1cccc(C#Cc2cccc(NC(=O)CCc3c(C)[nH]c(=O)c(C#N)c3C)c2)c1. The quantitative estimate of drug-likeness (QED) is 0.453. The Hall–Kier alpha value is -4.62. The number of nitriles is 1. The number of nitrogens with one attached hydrogen (secondary N) is 2. The van der Waals surface area contributed by atoms with Gasteiger partial charge in [-0.15, -0.1) is 0 Å². The number of anilines is 1. The van der Waals surface area contributed by atoms with E-state index in [4.69, 9.17) is 4.74 Å². The van der Waals surface area contributed by atoms with Crippen LogP contribution in [0.25, 0.3) is 0 Å². The van der Waals surface area contributed by atoms with Gasteiger partial charge >= 0.3 is 5.97 Å². The van der Waals surface area contributed by atoms with Gasteiger partial charge in [0.1, 0.15) is 11.6 Å². The van der Waals surface area contributed by atoms with Crippen LogP contribution in [0.5, 0.6) is 0 Å². The summed E-state index contributed by atoms with van der Waals surface area (Å²) in [4.78, 5) is 38.7. The molecule has 0 atom stereocenters. The van der Waals surface area contributed by atoms with Crippen LogP contribution in [0.2, 0.25) is 0 Å². The highest BCUT2D eigenvalue weighted by molar-refractivity contribution is 5.91. The number of benzene rings is 2. The number of nitrogens with zero attached hydrogens (tertiary/aromatic N) is 1. The van der Waals surface area contributed by atoms with Crippen molar-refractivity contribution < 1.29 is 14.3 Å². The Kier molecular flexibility index (Phi) is 7.63. The maximum absolute atomic E-state index is 12.5. The summed E-state index contributed by atoms with van der Waals surface area (Å²) >= 11 is 0. The molecule has 3 rings (SSSR count). The number of hydrogen-bond donors (Lipinski definition) is 2. The Bertz CT molecular complexity index is 1420. The van der Waals surface area contributed by atoms with Crippen LogP contribution in [0.15, 0.2) is 53.3 Å². The number of rotatable bonds is 5. The maximum Gasteiger partial charge on any atom is 0.337 e. The Morgan fingerprint density at radius 2 is 1.74 bits per heavy atom. The standard InChI is InChI=1S/C27H23N3O4/c1-17-23(18(2)29-26(32)24(17)16-28)12-13-25(31)30-22-9-5-7-20(15-22)11-10-19-6-4-8-21(14-19)27(33)34-3/h4-9,14-15H,12-13H2,1-3H3,(H,29,32)(H,30,31). The van der Waals surface area contributed by atoms with Gasteiger partial charge in [-0.2, -0.15) is 5.26 Å². The Morgan fingerprint density at radius 3 is 2.41 bits per heavy atom. The van der Waals surface area contributed by atoms with Crippen molar-refractivity contribution in [2.45, 2.75) is 26.7 Å². The first-order valence-corrected chi connectivity index (χ1v) is 10.5. The third-order valence-corrected chi connectivity index (χ3v) is 5.30. The van der Waals surface area contributed by atoms with Crippen LogP contribution < -0.4 is 10.9 Å². The Labute approximate surface area is 197 Å². The second-order valence-corrected chi connectivity index (χ2v) is 7.62. The molecule has 34 heavy (non-hydrogen) atoms. The first-order chi connectivity index (χ1) is 16.3. The largest absolute Gasteiger partial charge is 0.465 e. The highest BCUT2D eigenvalue weighted by Crippen LogP contribution is 2.16. The zero-order chi connectivity index (χ0) is 24.7. The summed E-state index contributed by atoms with van der Waals surface area (Å²) in [6.45, 7) is 3.48. The van der Waals surface area contributed by atoms with E-state index in [1.165, 1.54) is 7.11 Å². The molecule has 0 bridgehead atoms. The molecule has 0 radical (unpaired) electrons. The monoisotopic (exact) mass is 453 g/mol. The predicted molar refractivity (Wildman–Crippen MR) is 128 cm³/mol. The van der Waals surface area contributed by atoms with E-state index in [0.29, 0.717) is 40.1 Å². The molecular weight excluding hydrogens is 430 g/mol. The average Bonchev–Trinajstić information content (AvgIpc) is 2.82. The summed E-state index contributed by atoms with van der Waals surface area (Å²) in [5, 5.41) is 12.1. The van der Waals surface area contributed by atoms with E-state index in [2.05, 4.69) is 22.1 Å². The van der Waals surface area contributed by atoms with Crippen LogP contribution >= 0.6 is 0 Å². The third-order valence-electron chi connectivity index (χ3n) is 5.30. The number of hydrogen-bond acceptors (Lipinski definition) is 5. The molecular formula is C27H23N3O4. The highest BCUT2D eigenvalue weighted by atomic mass is 16.5. The van der Waals surface area contributed by atoms with Crippen molar-refractivity contribution in [3.8, 4) is 17.9 Å². The number of methoxy groups -OCH3 is 1. The van der Waals surface area contributed by atoms with Crippen molar-refractivity contribution in [1.82, 2.24) is 4.98 Å². The van der Waals surface area contributed by atoms with Gasteiger partial charge in [-0.25, -0.2) is 4.79 Å². The lowest BCUT2D eigenvalue weighted by molar-refractivity contribution is -0.116. The van der Waals surface area contributed by atoms with E-state index in [9.17, 15) is 19.6 Å². The Morgan fingerprint density at radius 1 is 1.06 bits per heavy atom. The molecule has 0 unspecified atom stereocenters. The lowest BCUT2D eigenvalue weighted by atomic mass is 9.99. The summed E-state index contributed by atoms with van der Waals surface area (Å²) in [5.41, 5.74) is 4.10. The number of aryl methyl sites for hydroxylation is 1. The van der Waals surface area contributed by atoms with Crippen molar-refractivity contribution >= 4 is 17.6 Å². The molecule has 7 nitrogen and oxygen atoms in total. The van der Waals surface area contributed by atoms with Crippen LogP contribution in [-0.2, 0) is 16.0 Å². The molecule has 0 saturated heterocycles. The van der Waals surface area contributed by atoms with Gasteiger partial charge in [0.25, 0.3) is 5.56 Å².